The highest BCUT2D eigenvalue weighted by atomic mass is 16.5. The molecule has 11 nitrogen and oxygen atoms in total. The molecule has 0 saturated heterocycles. The Morgan fingerprint density at radius 3 is 1.80 bits per heavy atom. The summed E-state index contributed by atoms with van der Waals surface area (Å²) in [4.78, 5) is 40.0. The fourth-order valence-corrected chi connectivity index (χ4v) is 7.15. The van der Waals surface area contributed by atoms with Gasteiger partial charge < -0.3 is 34.5 Å². The summed E-state index contributed by atoms with van der Waals surface area (Å²) in [5.74, 6) is 2.54. The maximum atomic E-state index is 13.6. The van der Waals surface area contributed by atoms with E-state index in [1.54, 1.807) is 43.4 Å². The van der Waals surface area contributed by atoms with Crippen molar-refractivity contribution in [3.8, 4) is 23.0 Å². The van der Waals surface area contributed by atoms with Gasteiger partial charge in [-0.25, -0.2) is 0 Å². The van der Waals surface area contributed by atoms with Crippen molar-refractivity contribution in [2.24, 2.45) is 15.9 Å². The van der Waals surface area contributed by atoms with Gasteiger partial charge in [-0.2, -0.15) is 0 Å². The van der Waals surface area contributed by atoms with Crippen molar-refractivity contribution in [2.75, 3.05) is 33.2 Å². The van der Waals surface area contributed by atoms with E-state index in [0.29, 0.717) is 76.7 Å². The van der Waals surface area contributed by atoms with Crippen molar-refractivity contribution in [1.29, 1.82) is 0 Å². The molecule has 4 heterocycles. The third-order valence-electron chi connectivity index (χ3n) is 10.1. The molecule has 11 heteroatoms. The first-order chi connectivity index (χ1) is 24.9. The number of methoxy groups -OCH3 is 2. The number of anilines is 1. The zero-order valence-corrected chi connectivity index (χ0v) is 28.8. The van der Waals surface area contributed by atoms with Crippen LogP contribution in [-0.2, 0) is 0 Å². The van der Waals surface area contributed by atoms with Crippen LogP contribution in [0.5, 0.6) is 23.0 Å². The first-order valence-corrected chi connectivity index (χ1v) is 17.6. The van der Waals surface area contributed by atoms with Crippen molar-refractivity contribution in [3.05, 3.63) is 83.2 Å². The number of nitrogen functional groups attached to an aromatic ring is 1. The Balaban J connectivity index is 0.851. The van der Waals surface area contributed by atoms with Crippen LogP contribution in [0.4, 0.5) is 17.1 Å². The summed E-state index contributed by atoms with van der Waals surface area (Å²) in [6.45, 7) is 0.934. The Labute approximate surface area is 297 Å². The predicted molar refractivity (Wildman–Crippen MR) is 196 cm³/mol. The predicted octanol–water partition coefficient (Wildman–Crippen LogP) is 7.11. The van der Waals surface area contributed by atoms with E-state index < -0.39 is 0 Å². The van der Waals surface area contributed by atoms with Gasteiger partial charge in [-0.15, -0.1) is 0 Å². The van der Waals surface area contributed by atoms with E-state index in [4.69, 9.17) is 34.7 Å². The van der Waals surface area contributed by atoms with Gasteiger partial charge in [-0.05, 0) is 85.4 Å². The number of amides is 2. The molecule has 3 aromatic carbocycles. The third kappa shape index (κ3) is 6.44. The minimum Gasteiger partial charge on any atom is -0.493 e. The summed E-state index contributed by atoms with van der Waals surface area (Å²) < 4.78 is 23.5. The summed E-state index contributed by atoms with van der Waals surface area (Å²) >= 11 is 0. The van der Waals surface area contributed by atoms with Crippen LogP contribution < -0.4 is 24.7 Å². The van der Waals surface area contributed by atoms with Crippen LogP contribution in [0.25, 0.3) is 5.57 Å². The lowest BCUT2D eigenvalue weighted by Gasteiger charge is -2.19. The minimum atomic E-state index is -0.175. The zero-order valence-electron chi connectivity index (χ0n) is 28.8. The van der Waals surface area contributed by atoms with Gasteiger partial charge in [-0.3, -0.25) is 19.6 Å². The molecule has 2 N–H and O–H groups in total. The van der Waals surface area contributed by atoms with Crippen LogP contribution in [0.1, 0.15) is 71.2 Å². The van der Waals surface area contributed by atoms with Crippen LogP contribution >= 0.6 is 0 Å². The molecule has 5 aliphatic rings. The topological polar surface area (TPSA) is 128 Å². The number of carbonyl (C=O) groups excluding carboxylic acids is 2. The summed E-state index contributed by atoms with van der Waals surface area (Å²) in [7, 11) is 3.15. The Morgan fingerprint density at radius 2 is 1.25 bits per heavy atom. The Kier molecular flexibility index (Phi) is 8.71. The fraction of sp³-hybridized carbons (Fsp3) is 0.350. The van der Waals surface area contributed by atoms with Crippen molar-refractivity contribution < 1.29 is 28.5 Å². The molecule has 2 atom stereocenters. The monoisotopic (exact) mass is 687 g/mol. The molecule has 2 amide bonds. The number of unbranched alkanes of at least 4 members (excludes halogenated alkanes) is 2. The minimum absolute atomic E-state index is 0.0378. The van der Waals surface area contributed by atoms with Crippen LogP contribution in [0.3, 0.4) is 0 Å². The lowest BCUT2D eigenvalue weighted by Crippen LogP contribution is -2.32. The lowest BCUT2D eigenvalue weighted by atomic mass is 10.0. The maximum absolute atomic E-state index is 13.6. The molecule has 0 radical (unpaired) electrons. The molecule has 0 aromatic heterocycles. The van der Waals surface area contributed by atoms with E-state index in [-0.39, 0.29) is 23.9 Å². The van der Waals surface area contributed by atoms with Gasteiger partial charge in [0.25, 0.3) is 11.8 Å². The van der Waals surface area contributed by atoms with E-state index in [1.807, 2.05) is 54.0 Å². The smallest absolute Gasteiger partial charge is 0.260 e. The highest BCUT2D eigenvalue weighted by Crippen LogP contribution is 2.44. The third-order valence-corrected chi connectivity index (χ3v) is 10.1. The molecule has 1 saturated carbocycles. The standard InChI is InChI=1S/C40H41N5O6/c1-48-35-16-31-33(42-20-29-14-26(24-6-7-24)22-44(29)39(31)46)18-37(35)50-12-4-3-5-13-51-38-19-34-32(17-36(38)49-2)40(47)45-23-27(15-30(45)21-43-34)25-8-10-28(41)11-9-25/h8-11,16-24,29-30H,3-7,12-15,41H2,1-2H3/t29-,30-/m0/s1. The van der Waals surface area contributed by atoms with Crippen LogP contribution in [0, 0.1) is 5.92 Å². The van der Waals surface area contributed by atoms with Gasteiger partial charge in [0.1, 0.15) is 0 Å². The van der Waals surface area contributed by atoms with Crippen molar-refractivity contribution in [1.82, 2.24) is 9.80 Å². The molecule has 262 valence electrons. The number of rotatable bonds is 12. The number of hydrogen-bond donors (Lipinski definition) is 1. The van der Waals surface area contributed by atoms with E-state index in [1.165, 1.54) is 18.4 Å². The van der Waals surface area contributed by atoms with E-state index >= 15 is 0 Å². The first kappa shape index (κ1) is 32.6. The number of aliphatic imine (C=N–C) groups is 2. The number of nitrogens with two attached hydrogens (primary N) is 1. The Bertz CT molecular complexity index is 2000. The normalized spacial score (nSPS) is 20.1. The lowest BCUT2D eigenvalue weighted by molar-refractivity contribution is 0.0809. The van der Waals surface area contributed by atoms with Crippen molar-refractivity contribution in [3.63, 3.8) is 0 Å². The van der Waals surface area contributed by atoms with Crippen LogP contribution in [-0.4, -0.2) is 73.6 Å². The molecule has 4 aliphatic heterocycles. The van der Waals surface area contributed by atoms with Crippen LogP contribution in [0.2, 0.25) is 0 Å². The summed E-state index contributed by atoms with van der Waals surface area (Å²) in [6, 6.07) is 14.5. The molecule has 1 aliphatic carbocycles. The number of hydrogen-bond acceptors (Lipinski definition) is 9. The van der Waals surface area contributed by atoms with E-state index in [9.17, 15) is 9.59 Å². The number of benzene rings is 3. The second kappa shape index (κ2) is 13.6. The fourth-order valence-electron chi connectivity index (χ4n) is 7.15. The molecular weight excluding hydrogens is 646 g/mol. The molecule has 51 heavy (non-hydrogen) atoms. The quantitative estimate of drug-likeness (QED) is 0.159. The zero-order chi connectivity index (χ0) is 35.1. The molecule has 0 bridgehead atoms. The Morgan fingerprint density at radius 1 is 0.706 bits per heavy atom. The first-order valence-electron chi connectivity index (χ1n) is 17.6. The Hall–Kier alpha value is -5.58. The molecule has 3 aromatic rings. The number of fused-ring (bicyclic) bond motifs is 4. The SMILES string of the molecule is COc1cc2c(cc1OCCCCCOc1cc3c(cc1OC)C(=O)N1C=C(C4CC4)C[C@H]1C=N3)N=C[C@@H]1CC(c3ccc(N)cc3)=CN1C2=O. The largest absolute Gasteiger partial charge is 0.493 e. The van der Waals surface area contributed by atoms with Gasteiger partial charge >= 0.3 is 0 Å². The van der Waals surface area contributed by atoms with Gasteiger partial charge in [0, 0.05) is 49.1 Å². The molecule has 0 unspecified atom stereocenters. The van der Waals surface area contributed by atoms with E-state index in [0.717, 1.165) is 36.8 Å². The molecule has 1 fully saturated rings. The number of nitrogens with zero attached hydrogens (tertiary/aromatic N) is 4. The van der Waals surface area contributed by atoms with Gasteiger partial charge in [-0.1, -0.05) is 12.1 Å². The highest BCUT2D eigenvalue weighted by Gasteiger charge is 2.38. The van der Waals surface area contributed by atoms with Crippen molar-refractivity contribution in [2.45, 2.75) is 57.0 Å². The molecular formula is C40H41N5O6. The summed E-state index contributed by atoms with van der Waals surface area (Å²) in [5, 5.41) is 0. The summed E-state index contributed by atoms with van der Waals surface area (Å²) in [5.41, 5.74) is 12.1. The average molecular weight is 688 g/mol. The number of ether oxygens (including phenoxy) is 4. The van der Waals surface area contributed by atoms with Crippen LogP contribution in [0.15, 0.2) is 76.5 Å². The van der Waals surface area contributed by atoms with Gasteiger partial charge in [0.05, 0.1) is 62.0 Å². The summed E-state index contributed by atoms with van der Waals surface area (Å²) in [6.07, 6.45) is 14.0. The number of carbonyl (C=O) groups is 2. The van der Waals surface area contributed by atoms with Crippen molar-refractivity contribution >= 4 is 46.9 Å². The average Bonchev–Trinajstić information content (AvgIpc) is 3.82. The highest BCUT2D eigenvalue weighted by molar-refractivity contribution is 6.06. The molecule has 0 spiro atoms. The second-order valence-corrected chi connectivity index (χ2v) is 13.6. The van der Waals surface area contributed by atoms with E-state index in [2.05, 4.69) is 0 Å². The van der Waals surface area contributed by atoms with Gasteiger partial charge in [0.15, 0.2) is 23.0 Å². The molecule has 8 rings (SSSR count). The maximum Gasteiger partial charge on any atom is 0.260 e. The van der Waals surface area contributed by atoms with Gasteiger partial charge in [0.2, 0.25) is 0 Å². The second-order valence-electron chi connectivity index (χ2n) is 13.6.